The molecule has 0 fully saturated rings. The summed E-state index contributed by atoms with van der Waals surface area (Å²) in [6.45, 7) is 0.104. The fourth-order valence-electron chi connectivity index (χ4n) is 2.21. The highest BCUT2D eigenvalue weighted by atomic mass is 32.2. The van der Waals surface area contributed by atoms with Gasteiger partial charge in [-0.2, -0.15) is 0 Å². The van der Waals surface area contributed by atoms with Gasteiger partial charge in [-0.3, -0.25) is 9.78 Å². The first-order chi connectivity index (χ1) is 9.60. The highest BCUT2D eigenvalue weighted by Crippen LogP contribution is 2.29. The Morgan fingerprint density at radius 2 is 1.80 bits per heavy atom. The second-order valence-corrected chi connectivity index (χ2v) is 6.28. The van der Waals surface area contributed by atoms with Crippen LogP contribution < -0.4 is 0 Å². The van der Waals surface area contributed by atoms with Gasteiger partial charge in [0.2, 0.25) is 0 Å². The van der Waals surface area contributed by atoms with Crippen LogP contribution >= 0.6 is 0 Å². The van der Waals surface area contributed by atoms with Crippen molar-refractivity contribution in [1.29, 1.82) is 0 Å². The first kappa shape index (κ1) is 12.8. The quantitative estimate of drug-likeness (QED) is 0.857. The molecule has 20 heavy (non-hydrogen) atoms. The Balaban J connectivity index is 1.88. The first-order valence-corrected chi connectivity index (χ1v) is 7.61. The van der Waals surface area contributed by atoms with Crippen molar-refractivity contribution >= 4 is 15.9 Å². The molecule has 0 spiro atoms. The number of rotatable bonds is 3. The lowest BCUT2D eigenvalue weighted by Crippen LogP contribution is -2.32. The summed E-state index contributed by atoms with van der Waals surface area (Å²) in [6, 6.07) is 11.7. The fraction of sp³-hybridized carbons (Fsp3) is 0.143. The van der Waals surface area contributed by atoms with Crippen LogP contribution in [0.4, 0.5) is 0 Å². The number of carbonyl (C=O) groups is 1. The van der Waals surface area contributed by atoms with Crippen molar-refractivity contribution in [2.75, 3.05) is 6.54 Å². The third kappa shape index (κ3) is 1.98. The molecule has 1 aliphatic rings. The van der Waals surface area contributed by atoms with Crippen LogP contribution in [0.5, 0.6) is 0 Å². The van der Waals surface area contributed by atoms with Crippen LogP contribution in [0.15, 0.2) is 53.6 Å². The molecule has 0 saturated carbocycles. The largest absolute Gasteiger partial charge is 0.269 e. The Hall–Kier alpha value is -2.21. The number of hydrogen-bond acceptors (Lipinski definition) is 4. The Morgan fingerprint density at radius 1 is 1.05 bits per heavy atom. The first-order valence-electron chi connectivity index (χ1n) is 6.17. The second kappa shape index (κ2) is 4.72. The number of fused-ring (bicyclic) bond motifs is 1. The van der Waals surface area contributed by atoms with Crippen LogP contribution in [0.2, 0.25) is 0 Å². The molecular formula is C14H12N2O3S. The fourth-order valence-corrected chi connectivity index (χ4v) is 3.78. The minimum Gasteiger partial charge on any atom is -0.268 e. The van der Waals surface area contributed by atoms with E-state index >= 15 is 0 Å². The van der Waals surface area contributed by atoms with Crippen molar-refractivity contribution in [3.63, 3.8) is 0 Å². The van der Waals surface area contributed by atoms with Crippen LogP contribution in [0.1, 0.15) is 16.1 Å². The molecule has 0 radical (unpaired) electrons. The van der Waals surface area contributed by atoms with Gasteiger partial charge >= 0.3 is 0 Å². The second-order valence-electron chi connectivity index (χ2n) is 4.45. The number of amides is 1. The van der Waals surface area contributed by atoms with E-state index in [0.29, 0.717) is 6.42 Å². The molecule has 0 N–H and O–H groups in total. The molecule has 102 valence electrons. The van der Waals surface area contributed by atoms with E-state index in [2.05, 4.69) is 4.98 Å². The summed E-state index contributed by atoms with van der Waals surface area (Å²) < 4.78 is 25.5. The molecule has 2 heterocycles. The smallest absolute Gasteiger partial charge is 0.268 e. The summed E-state index contributed by atoms with van der Waals surface area (Å²) in [7, 11) is -3.71. The standard InChI is InChI=1S/C14H12N2O3S/c17-14-12-6-1-2-7-13(12)20(18,19)16(14)10-8-11-5-3-4-9-15-11/h1-7,9H,8,10H2. The molecule has 0 aliphatic carbocycles. The maximum absolute atomic E-state index is 12.3. The van der Waals surface area contributed by atoms with Crippen molar-refractivity contribution in [2.24, 2.45) is 0 Å². The Labute approximate surface area is 116 Å². The van der Waals surface area contributed by atoms with E-state index in [-0.39, 0.29) is 17.0 Å². The Kier molecular flexibility index (Phi) is 3.02. The third-order valence-electron chi connectivity index (χ3n) is 3.21. The lowest BCUT2D eigenvalue weighted by Gasteiger charge is -2.14. The zero-order valence-corrected chi connectivity index (χ0v) is 11.4. The van der Waals surface area contributed by atoms with Gasteiger partial charge in [0.25, 0.3) is 15.9 Å². The molecule has 0 unspecified atom stereocenters. The molecule has 0 bridgehead atoms. The topological polar surface area (TPSA) is 67.3 Å². The lowest BCUT2D eigenvalue weighted by atomic mass is 10.2. The van der Waals surface area contributed by atoms with Crippen molar-refractivity contribution in [3.05, 3.63) is 59.9 Å². The van der Waals surface area contributed by atoms with Crippen LogP contribution in [0.25, 0.3) is 0 Å². The predicted molar refractivity (Wildman–Crippen MR) is 72.6 cm³/mol. The molecule has 0 saturated heterocycles. The van der Waals surface area contributed by atoms with Gasteiger partial charge in [0, 0.05) is 24.9 Å². The molecule has 6 heteroatoms. The van der Waals surface area contributed by atoms with Gasteiger partial charge in [-0.15, -0.1) is 0 Å². The predicted octanol–water partition coefficient (Wildman–Crippen LogP) is 1.47. The maximum atomic E-state index is 12.3. The van der Waals surface area contributed by atoms with Crippen LogP contribution in [-0.2, 0) is 16.4 Å². The van der Waals surface area contributed by atoms with Crippen LogP contribution in [-0.4, -0.2) is 30.2 Å². The van der Waals surface area contributed by atoms with Crippen LogP contribution in [0, 0.1) is 0 Å². The summed E-state index contributed by atoms with van der Waals surface area (Å²) in [5, 5.41) is 0. The summed E-state index contributed by atoms with van der Waals surface area (Å²) >= 11 is 0. The minimum absolute atomic E-state index is 0.0889. The summed E-state index contributed by atoms with van der Waals surface area (Å²) in [5.74, 6) is -0.462. The number of hydrogen-bond donors (Lipinski definition) is 0. The van der Waals surface area contributed by atoms with Gasteiger partial charge in [-0.1, -0.05) is 18.2 Å². The van der Waals surface area contributed by atoms with Crippen molar-refractivity contribution in [2.45, 2.75) is 11.3 Å². The lowest BCUT2D eigenvalue weighted by molar-refractivity contribution is 0.0872. The number of nitrogens with zero attached hydrogens (tertiary/aromatic N) is 2. The highest BCUT2D eigenvalue weighted by molar-refractivity contribution is 7.90. The molecule has 1 aromatic heterocycles. The number of benzene rings is 1. The van der Waals surface area contributed by atoms with Gasteiger partial charge in [0.05, 0.1) is 5.56 Å². The van der Waals surface area contributed by atoms with Crippen LogP contribution in [0.3, 0.4) is 0 Å². The average molecular weight is 288 g/mol. The average Bonchev–Trinajstić information content (AvgIpc) is 2.66. The van der Waals surface area contributed by atoms with E-state index in [1.807, 2.05) is 6.07 Å². The molecule has 1 aromatic carbocycles. The van der Waals surface area contributed by atoms with Gasteiger partial charge < -0.3 is 0 Å². The minimum atomic E-state index is -3.71. The summed E-state index contributed by atoms with van der Waals surface area (Å²) in [6.07, 6.45) is 2.05. The van der Waals surface area contributed by atoms with E-state index in [1.54, 1.807) is 30.5 Å². The van der Waals surface area contributed by atoms with Crippen molar-refractivity contribution < 1.29 is 13.2 Å². The number of carbonyl (C=O) groups excluding carboxylic acids is 1. The third-order valence-corrected chi connectivity index (χ3v) is 5.05. The Morgan fingerprint density at radius 3 is 2.50 bits per heavy atom. The molecular weight excluding hydrogens is 276 g/mol. The van der Waals surface area contributed by atoms with Crippen molar-refractivity contribution in [3.8, 4) is 0 Å². The number of sulfonamides is 1. The zero-order chi connectivity index (χ0) is 14.2. The molecule has 0 atom stereocenters. The highest BCUT2D eigenvalue weighted by Gasteiger charge is 2.40. The van der Waals surface area contributed by atoms with Gasteiger partial charge in [-0.25, -0.2) is 12.7 Å². The number of aromatic nitrogens is 1. The van der Waals surface area contributed by atoms with Gasteiger partial charge in [-0.05, 0) is 24.3 Å². The maximum Gasteiger partial charge on any atom is 0.269 e. The number of pyridine rings is 1. The van der Waals surface area contributed by atoms with E-state index < -0.39 is 15.9 Å². The molecule has 3 rings (SSSR count). The molecule has 5 nitrogen and oxygen atoms in total. The molecule has 1 aliphatic heterocycles. The molecule has 1 amide bonds. The van der Waals surface area contributed by atoms with E-state index in [9.17, 15) is 13.2 Å². The normalized spacial score (nSPS) is 16.2. The Bertz CT molecular complexity index is 757. The summed E-state index contributed by atoms with van der Waals surface area (Å²) in [4.78, 5) is 16.4. The van der Waals surface area contributed by atoms with Gasteiger partial charge in [0.1, 0.15) is 4.90 Å². The van der Waals surface area contributed by atoms with E-state index in [0.717, 1.165) is 10.00 Å². The van der Waals surface area contributed by atoms with E-state index in [4.69, 9.17) is 0 Å². The van der Waals surface area contributed by atoms with Gasteiger partial charge in [0.15, 0.2) is 0 Å². The monoisotopic (exact) mass is 288 g/mol. The molecule has 2 aromatic rings. The van der Waals surface area contributed by atoms with E-state index in [1.165, 1.54) is 12.1 Å². The SMILES string of the molecule is O=C1c2ccccc2S(=O)(=O)N1CCc1ccccn1. The summed E-state index contributed by atoms with van der Waals surface area (Å²) in [5.41, 5.74) is 1.000. The zero-order valence-electron chi connectivity index (χ0n) is 10.6. The van der Waals surface area contributed by atoms with Crippen molar-refractivity contribution in [1.82, 2.24) is 9.29 Å².